The summed E-state index contributed by atoms with van der Waals surface area (Å²) in [6, 6.07) is 13.0. The fraction of sp³-hybridized carbons (Fsp3) is 0.350. The second-order valence-corrected chi connectivity index (χ2v) is 6.24. The number of carbonyl (C=O) groups excluding carboxylic acids is 1. The van der Waals surface area contributed by atoms with Gasteiger partial charge in [0.05, 0.1) is 14.2 Å². The minimum absolute atomic E-state index is 0.216. The Balaban J connectivity index is 2.01. The van der Waals surface area contributed by atoms with Gasteiger partial charge in [0, 0.05) is 24.2 Å². The molecule has 2 rings (SSSR count). The predicted octanol–water partition coefficient (Wildman–Crippen LogP) is 3.26. The first-order chi connectivity index (χ1) is 11.9. The fourth-order valence-electron chi connectivity index (χ4n) is 2.49. The van der Waals surface area contributed by atoms with E-state index in [4.69, 9.17) is 15.2 Å². The third-order valence-electron chi connectivity index (χ3n) is 4.13. The molecule has 2 aromatic carbocycles. The lowest BCUT2D eigenvalue weighted by molar-refractivity contribution is 0.0950. The van der Waals surface area contributed by atoms with Gasteiger partial charge in [0.25, 0.3) is 5.91 Å². The first kappa shape index (κ1) is 18.8. The van der Waals surface area contributed by atoms with Crippen molar-refractivity contribution in [3.8, 4) is 11.5 Å². The molecule has 0 aromatic heterocycles. The molecule has 0 radical (unpaired) electrons. The lowest BCUT2D eigenvalue weighted by atomic mass is 9.99. The Bertz CT molecular complexity index is 689. The molecule has 1 atom stereocenters. The molecule has 25 heavy (non-hydrogen) atoms. The highest BCUT2D eigenvalue weighted by Gasteiger charge is 2.12. The van der Waals surface area contributed by atoms with Crippen LogP contribution in [0.1, 0.15) is 47.3 Å². The highest BCUT2D eigenvalue weighted by atomic mass is 16.5. The molecule has 0 heterocycles. The summed E-state index contributed by atoms with van der Waals surface area (Å²) in [5.41, 5.74) is 8.93. The van der Waals surface area contributed by atoms with E-state index in [1.165, 1.54) is 5.56 Å². The van der Waals surface area contributed by atoms with Gasteiger partial charge in [-0.1, -0.05) is 38.1 Å². The van der Waals surface area contributed by atoms with Gasteiger partial charge in [-0.3, -0.25) is 4.79 Å². The Kier molecular flexibility index (Phi) is 6.42. The van der Waals surface area contributed by atoms with Gasteiger partial charge in [0.2, 0.25) is 0 Å². The van der Waals surface area contributed by atoms with E-state index < -0.39 is 0 Å². The molecule has 5 heteroatoms. The van der Waals surface area contributed by atoms with E-state index in [1.54, 1.807) is 32.4 Å². The molecule has 0 saturated carbocycles. The summed E-state index contributed by atoms with van der Waals surface area (Å²) in [4.78, 5) is 12.4. The Hall–Kier alpha value is -2.53. The molecule has 2 aromatic rings. The molecule has 0 aliphatic carbocycles. The van der Waals surface area contributed by atoms with Crippen molar-refractivity contribution < 1.29 is 14.3 Å². The summed E-state index contributed by atoms with van der Waals surface area (Å²) in [5, 5.41) is 2.86. The van der Waals surface area contributed by atoms with Gasteiger partial charge >= 0.3 is 0 Å². The number of hydrogen-bond acceptors (Lipinski definition) is 4. The zero-order valence-corrected chi connectivity index (χ0v) is 15.2. The minimum atomic E-state index is -0.266. The monoisotopic (exact) mass is 342 g/mol. The fourth-order valence-corrected chi connectivity index (χ4v) is 2.49. The van der Waals surface area contributed by atoms with Crippen LogP contribution >= 0.6 is 0 Å². The van der Waals surface area contributed by atoms with Crippen LogP contribution in [-0.4, -0.2) is 26.7 Å². The molecule has 0 aliphatic rings. The number of ether oxygens (including phenoxy) is 2. The largest absolute Gasteiger partial charge is 0.497 e. The summed E-state index contributed by atoms with van der Waals surface area (Å²) < 4.78 is 10.4. The average molecular weight is 342 g/mol. The molecule has 0 fully saturated rings. The highest BCUT2D eigenvalue weighted by molar-refractivity contribution is 5.95. The zero-order valence-electron chi connectivity index (χ0n) is 15.2. The third kappa shape index (κ3) is 4.97. The highest BCUT2D eigenvalue weighted by Crippen LogP contribution is 2.22. The number of hydrogen-bond donors (Lipinski definition) is 2. The Labute approximate surface area is 149 Å². The molecule has 1 amide bonds. The zero-order chi connectivity index (χ0) is 18.4. The summed E-state index contributed by atoms with van der Waals surface area (Å²) >= 11 is 0. The van der Waals surface area contributed by atoms with Crippen molar-refractivity contribution in [2.75, 3.05) is 20.8 Å². The summed E-state index contributed by atoms with van der Waals surface area (Å²) in [6.45, 7) is 4.65. The maximum atomic E-state index is 12.4. The number of methoxy groups -OCH3 is 2. The standard InChI is InChI=1S/C20H26N2O3/c1-13(2)14-5-7-15(8-6-14)19(21)12-22-20(23)16-9-17(24-3)11-18(10-16)25-4/h5-11,13,19H,12,21H2,1-4H3,(H,22,23). The van der Waals surface area contributed by atoms with Gasteiger partial charge in [-0.05, 0) is 29.2 Å². The second-order valence-electron chi connectivity index (χ2n) is 6.24. The van der Waals surface area contributed by atoms with Crippen LogP contribution in [0.4, 0.5) is 0 Å². The van der Waals surface area contributed by atoms with Gasteiger partial charge in [0.15, 0.2) is 0 Å². The second kappa shape index (κ2) is 8.53. The number of amides is 1. The van der Waals surface area contributed by atoms with Crippen LogP contribution in [-0.2, 0) is 0 Å². The van der Waals surface area contributed by atoms with Gasteiger partial charge in [-0.2, -0.15) is 0 Å². The number of nitrogens with one attached hydrogen (secondary N) is 1. The number of nitrogens with two attached hydrogens (primary N) is 1. The van der Waals surface area contributed by atoms with Crippen LogP contribution in [0.15, 0.2) is 42.5 Å². The smallest absolute Gasteiger partial charge is 0.251 e. The summed E-state index contributed by atoms with van der Waals surface area (Å²) in [7, 11) is 3.10. The van der Waals surface area contributed by atoms with Crippen molar-refractivity contribution in [3.05, 3.63) is 59.2 Å². The molecular weight excluding hydrogens is 316 g/mol. The van der Waals surface area contributed by atoms with Gasteiger partial charge in [-0.15, -0.1) is 0 Å². The normalized spacial score (nSPS) is 11.9. The average Bonchev–Trinajstić information content (AvgIpc) is 2.65. The molecule has 0 saturated heterocycles. The van der Waals surface area contributed by atoms with Gasteiger partial charge in [0.1, 0.15) is 11.5 Å². The first-order valence-electron chi connectivity index (χ1n) is 8.31. The molecule has 5 nitrogen and oxygen atoms in total. The van der Waals surface area contributed by atoms with Crippen LogP contribution in [0.25, 0.3) is 0 Å². The maximum absolute atomic E-state index is 12.4. The van der Waals surface area contributed by atoms with Crippen LogP contribution in [0.3, 0.4) is 0 Å². The van der Waals surface area contributed by atoms with Crippen molar-refractivity contribution in [2.45, 2.75) is 25.8 Å². The molecular formula is C20H26N2O3. The van der Waals surface area contributed by atoms with Crippen molar-refractivity contribution in [1.82, 2.24) is 5.32 Å². The molecule has 134 valence electrons. The topological polar surface area (TPSA) is 73.6 Å². The van der Waals surface area contributed by atoms with Gasteiger partial charge in [-0.25, -0.2) is 0 Å². The number of carbonyl (C=O) groups is 1. The van der Waals surface area contributed by atoms with E-state index in [0.717, 1.165) is 5.56 Å². The van der Waals surface area contributed by atoms with Crippen LogP contribution in [0.5, 0.6) is 11.5 Å². The van der Waals surface area contributed by atoms with Crippen LogP contribution < -0.4 is 20.5 Å². The minimum Gasteiger partial charge on any atom is -0.497 e. The van der Waals surface area contributed by atoms with E-state index in [0.29, 0.717) is 29.5 Å². The Morgan fingerprint density at radius 3 is 2.00 bits per heavy atom. The van der Waals surface area contributed by atoms with E-state index in [1.807, 2.05) is 12.1 Å². The quantitative estimate of drug-likeness (QED) is 0.810. The van der Waals surface area contributed by atoms with Crippen LogP contribution in [0.2, 0.25) is 0 Å². The van der Waals surface area contributed by atoms with Crippen molar-refractivity contribution >= 4 is 5.91 Å². The molecule has 3 N–H and O–H groups in total. The van der Waals surface area contributed by atoms with E-state index >= 15 is 0 Å². The molecule has 0 bridgehead atoms. The van der Waals surface area contributed by atoms with E-state index in [2.05, 4.69) is 31.3 Å². The van der Waals surface area contributed by atoms with Gasteiger partial charge < -0.3 is 20.5 Å². The summed E-state index contributed by atoms with van der Waals surface area (Å²) in [5.74, 6) is 1.40. The van der Waals surface area contributed by atoms with E-state index in [9.17, 15) is 4.79 Å². The lowest BCUT2D eigenvalue weighted by Crippen LogP contribution is -2.31. The number of benzene rings is 2. The van der Waals surface area contributed by atoms with Crippen LogP contribution in [0, 0.1) is 0 Å². The van der Waals surface area contributed by atoms with Crippen molar-refractivity contribution in [3.63, 3.8) is 0 Å². The molecule has 0 spiro atoms. The lowest BCUT2D eigenvalue weighted by Gasteiger charge is -2.15. The van der Waals surface area contributed by atoms with E-state index in [-0.39, 0.29) is 11.9 Å². The SMILES string of the molecule is COc1cc(OC)cc(C(=O)NCC(N)c2ccc(C(C)C)cc2)c1. The molecule has 1 unspecified atom stereocenters. The summed E-state index contributed by atoms with van der Waals surface area (Å²) in [6.07, 6.45) is 0. The van der Waals surface area contributed by atoms with Crippen molar-refractivity contribution in [1.29, 1.82) is 0 Å². The first-order valence-corrected chi connectivity index (χ1v) is 8.31. The Morgan fingerprint density at radius 1 is 1.00 bits per heavy atom. The van der Waals surface area contributed by atoms with Crippen molar-refractivity contribution in [2.24, 2.45) is 5.73 Å². The number of rotatable bonds is 7. The maximum Gasteiger partial charge on any atom is 0.251 e. The Morgan fingerprint density at radius 2 is 1.52 bits per heavy atom. The predicted molar refractivity (Wildman–Crippen MR) is 99.3 cm³/mol. The molecule has 0 aliphatic heterocycles. The third-order valence-corrected chi connectivity index (χ3v) is 4.13.